The Hall–Kier alpha value is -2.85. The highest BCUT2D eigenvalue weighted by atomic mass is 16.1. The number of fused-ring (bicyclic) bond motifs is 1. The van der Waals surface area contributed by atoms with Gasteiger partial charge in [-0.1, -0.05) is 36.8 Å². The molecule has 0 unspecified atom stereocenters. The summed E-state index contributed by atoms with van der Waals surface area (Å²) < 4.78 is 2.41. The van der Waals surface area contributed by atoms with Crippen LogP contribution in [0.4, 0.5) is 0 Å². The minimum atomic E-state index is 0.0176. The molecule has 0 spiro atoms. The lowest BCUT2D eigenvalue weighted by atomic mass is 9.98. The zero-order valence-corrected chi connectivity index (χ0v) is 19.7. The molecule has 5 rings (SSSR count). The smallest absolute Gasteiger partial charge is 0.251 e. The summed E-state index contributed by atoms with van der Waals surface area (Å²) in [7, 11) is 0. The van der Waals surface area contributed by atoms with Crippen molar-refractivity contribution in [3.63, 3.8) is 0 Å². The molecule has 0 radical (unpaired) electrons. The Kier molecular flexibility index (Phi) is 6.63. The van der Waals surface area contributed by atoms with Gasteiger partial charge in [-0.3, -0.25) is 9.69 Å². The van der Waals surface area contributed by atoms with E-state index in [1.54, 1.807) is 0 Å². The van der Waals surface area contributed by atoms with Crippen molar-refractivity contribution >= 4 is 5.91 Å². The Morgan fingerprint density at radius 1 is 0.970 bits per heavy atom. The van der Waals surface area contributed by atoms with Crippen LogP contribution in [0.3, 0.4) is 0 Å². The quantitative estimate of drug-likeness (QED) is 0.538. The second-order valence-corrected chi connectivity index (χ2v) is 9.59. The summed E-state index contributed by atoms with van der Waals surface area (Å²) >= 11 is 0. The molecule has 1 atom stereocenters. The van der Waals surface area contributed by atoms with Crippen molar-refractivity contribution in [1.29, 1.82) is 0 Å². The maximum absolute atomic E-state index is 12.8. The molecule has 4 nitrogen and oxygen atoms in total. The van der Waals surface area contributed by atoms with E-state index in [0.29, 0.717) is 12.6 Å². The third-order valence-electron chi connectivity index (χ3n) is 7.38. The molecule has 2 aliphatic rings. The van der Waals surface area contributed by atoms with Gasteiger partial charge >= 0.3 is 0 Å². The molecule has 1 aliphatic heterocycles. The van der Waals surface area contributed by atoms with Crippen molar-refractivity contribution in [2.45, 2.75) is 57.9 Å². The highest BCUT2D eigenvalue weighted by Crippen LogP contribution is 2.33. The number of hydrogen-bond donors (Lipinski definition) is 1. The predicted molar refractivity (Wildman–Crippen MR) is 135 cm³/mol. The molecule has 3 aromatic rings. The van der Waals surface area contributed by atoms with Crippen LogP contribution in [0.25, 0.3) is 16.9 Å². The number of likely N-dealkylation sites (tertiary alicyclic amines) is 1. The summed E-state index contributed by atoms with van der Waals surface area (Å²) in [6, 6.07) is 21.8. The van der Waals surface area contributed by atoms with Crippen molar-refractivity contribution in [2.24, 2.45) is 0 Å². The first kappa shape index (κ1) is 22.0. The monoisotopic (exact) mass is 441 g/mol. The van der Waals surface area contributed by atoms with Crippen molar-refractivity contribution in [3.8, 4) is 16.9 Å². The van der Waals surface area contributed by atoms with Crippen molar-refractivity contribution < 1.29 is 4.79 Å². The second-order valence-electron chi connectivity index (χ2n) is 9.59. The molecule has 1 aliphatic carbocycles. The average molecular weight is 442 g/mol. The van der Waals surface area contributed by atoms with Gasteiger partial charge in [-0.25, -0.2) is 0 Å². The molecule has 4 heteroatoms. The number of nitrogens with one attached hydrogen (secondary N) is 1. The van der Waals surface area contributed by atoms with Crippen LogP contribution in [-0.4, -0.2) is 41.1 Å². The van der Waals surface area contributed by atoms with E-state index in [1.165, 1.54) is 54.6 Å². The van der Waals surface area contributed by atoms with E-state index in [2.05, 4.69) is 70.2 Å². The van der Waals surface area contributed by atoms with Crippen molar-refractivity contribution in [1.82, 2.24) is 14.8 Å². The van der Waals surface area contributed by atoms with Crippen LogP contribution in [0.15, 0.2) is 60.7 Å². The van der Waals surface area contributed by atoms with E-state index in [1.807, 2.05) is 12.1 Å². The number of aromatic nitrogens is 1. The van der Waals surface area contributed by atoms with Gasteiger partial charge in [0, 0.05) is 36.1 Å². The Morgan fingerprint density at radius 2 is 1.76 bits per heavy atom. The molecule has 0 bridgehead atoms. The van der Waals surface area contributed by atoms with E-state index in [0.717, 1.165) is 37.2 Å². The lowest BCUT2D eigenvalue weighted by Gasteiger charge is -2.33. The predicted octanol–water partition coefficient (Wildman–Crippen LogP) is 5.63. The van der Waals surface area contributed by atoms with Crippen LogP contribution in [-0.2, 0) is 12.8 Å². The Morgan fingerprint density at radius 3 is 2.55 bits per heavy atom. The standard InChI is InChI=1S/C29H35N3O/c1-22-9-7-8-19-31(22)20-18-30-29(33)24-14-16-26(17-15-24)32-27-13-6-5-12-25(27)21-28(32)23-10-3-2-4-11-23/h2-4,10-11,14-17,21-22H,5-9,12-13,18-20H2,1H3,(H,30,33)/t22-/m1/s1. The number of piperidine rings is 1. The number of carbonyl (C=O) groups excluding carboxylic acids is 1. The molecule has 172 valence electrons. The van der Waals surface area contributed by atoms with E-state index in [4.69, 9.17) is 0 Å². The molecule has 1 amide bonds. The molecule has 2 heterocycles. The van der Waals surface area contributed by atoms with Gasteiger partial charge in [-0.2, -0.15) is 0 Å². The third-order valence-corrected chi connectivity index (χ3v) is 7.38. The summed E-state index contributed by atoms with van der Waals surface area (Å²) in [5, 5.41) is 3.12. The highest BCUT2D eigenvalue weighted by molar-refractivity contribution is 5.94. The van der Waals surface area contributed by atoms with E-state index >= 15 is 0 Å². The van der Waals surface area contributed by atoms with Crippen molar-refractivity contribution in [3.05, 3.63) is 77.5 Å². The molecular weight excluding hydrogens is 406 g/mol. The van der Waals surface area contributed by atoms with Gasteiger partial charge in [0.15, 0.2) is 0 Å². The normalized spacial score (nSPS) is 18.6. The Bertz CT molecular complexity index is 1080. The Labute approximate surface area is 197 Å². The lowest BCUT2D eigenvalue weighted by molar-refractivity contribution is 0.0938. The van der Waals surface area contributed by atoms with Crippen LogP contribution < -0.4 is 5.32 Å². The summed E-state index contributed by atoms with van der Waals surface area (Å²) in [5.41, 5.74) is 7.24. The number of amides is 1. The highest BCUT2D eigenvalue weighted by Gasteiger charge is 2.21. The van der Waals surface area contributed by atoms with Crippen LogP contribution in [0, 0.1) is 0 Å². The number of benzene rings is 2. The zero-order chi connectivity index (χ0) is 22.6. The largest absolute Gasteiger partial charge is 0.351 e. The first-order valence-corrected chi connectivity index (χ1v) is 12.6. The fraction of sp³-hybridized carbons (Fsp3) is 0.414. The molecular formula is C29H35N3O. The van der Waals surface area contributed by atoms with Crippen LogP contribution in [0.5, 0.6) is 0 Å². The number of rotatable bonds is 6. The van der Waals surface area contributed by atoms with Gasteiger partial charge in [0.25, 0.3) is 5.91 Å². The minimum Gasteiger partial charge on any atom is -0.351 e. The van der Waals surface area contributed by atoms with Crippen LogP contribution >= 0.6 is 0 Å². The van der Waals surface area contributed by atoms with E-state index in [-0.39, 0.29) is 5.91 Å². The van der Waals surface area contributed by atoms with Gasteiger partial charge in [0.2, 0.25) is 0 Å². The van der Waals surface area contributed by atoms with Gasteiger partial charge in [0.05, 0.1) is 5.69 Å². The van der Waals surface area contributed by atoms with Crippen LogP contribution in [0.2, 0.25) is 0 Å². The fourth-order valence-electron chi connectivity index (χ4n) is 5.48. The van der Waals surface area contributed by atoms with Gasteiger partial charge < -0.3 is 9.88 Å². The molecule has 1 fully saturated rings. The SMILES string of the molecule is C[C@@H]1CCCCN1CCNC(=O)c1ccc(-n2c(-c3ccccc3)cc3c2CCCC3)cc1. The molecule has 2 aromatic carbocycles. The second kappa shape index (κ2) is 9.96. The Balaban J connectivity index is 1.32. The number of nitrogens with zero attached hydrogens (tertiary/aromatic N) is 2. The van der Waals surface area contributed by atoms with Gasteiger partial charge in [-0.15, -0.1) is 0 Å². The van der Waals surface area contributed by atoms with Crippen LogP contribution in [0.1, 0.15) is 60.6 Å². The summed E-state index contributed by atoms with van der Waals surface area (Å²) in [5.74, 6) is 0.0176. The number of aryl methyl sites for hydroxylation is 1. The number of carbonyl (C=O) groups is 1. The summed E-state index contributed by atoms with van der Waals surface area (Å²) in [4.78, 5) is 15.2. The average Bonchev–Trinajstić information content (AvgIpc) is 3.25. The molecule has 33 heavy (non-hydrogen) atoms. The van der Waals surface area contributed by atoms with E-state index in [9.17, 15) is 4.79 Å². The fourth-order valence-corrected chi connectivity index (χ4v) is 5.48. The molecule has 0 saturated carbocycles. The third kappa shape index (κ3) is 4.77. The molecule has 1 saturated heterocycles. The topological polar surface area (TPSA) is 37.3 Å². The van der Waals surface area contributed by atoms with Crippen molar-refractivity contribution in [2.75, 3.05) is 19.6 Å². The minimum absolute atomic E-state index is 0.0176. The lowest BCUT2D eigenvalue weighted by Crippen LogP contribution is -2.42. The maximum Gasteiger partial charge on any atom is 0.251 e. The van der Waals surface area contributed by atoms with Gasteiger partial charge in [-0.05, 0) is 93.5 Å². The summed E-state index contributed by atoms with van der Waals surface area (Å²) in [6.07, 6.45) is 8.63. The van der Waals surface area contributed by atoms with Gasteiger partial charge in [0.1, 0.15) is 0 Å². The molecule has 1 N–H and O–H groups in total. The van der Waals surface area contributed by atoms with E-state index < -0.39 is 0 Å². The maximum atomic E-state index is 12.8. The summed E-state index contributed by atoms with van der Waals surface area (Å²) in [6.45, 7) is 5.08. The molecule has 1 aromatic heterocycles. The first-order valence-electron chi connectivity index (χ1n) is 12.6. The first-order chi connectivity index (χ1) is 16.2. The number of hydrogen-bond acceptors (Lipinski definition) is 2. The zero-order valence-electron chi connectivity index (χ0n) is 19.7.